The van der Waals surface area contributed by atoms with E-state index in [9.17, 15) is 4.79 Å². The lowest BCUT2D eigenvalue weighted by atomic mass is 10.2. The predicted molar refractivity (Wildman–Crippen MR) is 102 cm³/mol. The molecule has 1 amide bonds. The molecule has 0 atom stereocenters. The van der Waals surface area contributed by atoms with E-state index in [1.54, 1.807) is 6.08 Å². The molecule has 0 spiro atoms. The van der Waals surface area contributed by atoms with Crippen molar-refractivity contribution in [1.29, 1.82) is 0 Å². The van der Waals surface area contributed by atoms with Gasteiger partial charge in [0.15, 0.2) is 11.5 Å². The molecule has 140 valence electrons. The van der Waals surface area contributed by atoms with Crippen molar-refractivity contribution < 1.29 is 14.3 Å². The van der Waals surface area contributed by atoms with Crippen molar-refractivity contribution in [3.63, 3.8) is 0 Å². The van der Waals surface area contributed by atoms with Crippen molar-refractivity contribution in [2.24, 2.45) is 0 Å². The number of benzene rings is 1. The number of nitrogens with zero attached hydrogens (tertiary/aromatic N) is 3. The number of hydrogen-bond donors (Lipinski definition) is 1. The van der Waals surface area contributed by atoms with Crippen LogP contribution in [-0.2, 0) is 11.3 Å². The third-order valence-corrected chi connectivity index (χ3v) is 4.55. The van der Waals surface area contributed by atoms with E-state index in [1.165, 1.54) is 18.9 Å². The first-order valence-corrected chi connectivity index (χ1v) is 9.12. The number of carbonyl (C=O) groups is 1. The monoisotopic (exact) mass is 366 g/mol. The standard InChI is InChI=1S/C20H22N4O3/c1-14-10-16(23-20(22-14)24-8-2-3-9-24)12-21-19(25)7-5-15-4-6-17-18(11-15)27-13-26-17/h4-7,10-11H,2-3,8-9,12-13H2,1H3,(H,21,25)/b7-5+. The van der Waals surface area contributed by atoms with Gasteiger partial charge in [-0.1, -0.05) is 6.07 Å². The molecule has 2 aromatic rings. The highest BCUT2D eigenvalue weighted by molar-refractivity contribution is 5.91. The van der Waals surface area contributed by atoms with Crippen LogP contribution in [0.1, 0.15) is 29.8 Å². The van der Waals surface area contributed by atoms with E-state index in [0.717, 1.165) is 41.7 Å². The van der Waals surface area contributed by atoms with Crippen LogP contribution in [-0.4, -0.2) is 35.8 Å². The zero-order valence-electron chi connectivity index (χ0n) is 15.3. The minimum atomic E-state index is -0.174. The molecule has 1 saturated heterocycles. The fourth-order valence-corrected chi connectivity index (χ4v) is 3.19. The summed E-state index contributed by atoms with van der Waals surface area (Å²) in [6, 6.07) is 7.47. The van der Waals surface area contributed by atoms with E-state index in [4.69, 9.17) is 9.47 Å². The quantitative estimate of drug-likeness (QED) is 0.819. The van der Waals surface area contributed by atoms with E-state index >= 15 is 0 Å². The van der Waals surface area contributed by atoms with Gasteiger partial charge in [-0.05, 0) is 49.6 Å². The first kappa shape index (κ1) is 17.3. The van der Waals surface area contributed by atoms with Crippen LogP contribution in [0.25, 0.3) is 6.08 Å². The van der Waals surface area contributed by atoms with E-state index < -0.39 is 0 Å². The summed E-state index contributed by atoms with van der Waals surface area (Å²) < 4.78 is 10.6. The van der Waals surface area contributed by atoms with E-state index in [-0.39, 0.29) is 12.7 Å². The number of ether oxygens (including phenoxy) is 2. The fourth-order valence-electron chi connectivity index (χ4n) is 3.19. The Morgan fingerprint density at radius 1 is 1.19 bits per heavy atom. The Kier molecular flexibility index (Phi) is 4.91. The Balaban J connectivity index is 1.36. The second-order valence-electron chi connectivity index (χ2n) is 6.66. The van der Waals surface area contributed by atoms with Crippen LogP contribution in [0.15, 0.2) is 30.3 Å². The van der Waals surface area contributed by atoms with Crippen LogP contribution in [0.3, 0.4) is 0 Å². The van der Waals surface area contributed by atoms with Crippen molar-refractivity contribution in [1.82, 2.24) is 15.3 Å². The third kappa shape index (κ3) is 4.19. The van der Waals surface area contributed by atoms with Crippen molar-refractivity contribution >= 4 is 17.9 Å². The van der Waals surface area contributed by atoms with Gasteiger partial charge in [0.2, 0.25) is 18.6 Å². The molecule has 2 aliphatic rings. The maximum absolute atomic E-state index is 12.1. The summed E-state index contributed by atoms with van der Waals surface area (Å²) >= 11 is 0. The smallest absolute Gasteiger partial charge is 0.244 e. The number of rotatable bonds is 5. The van der Waals surface area contributed by atoms with Gasteiger partial charge < -0.3 is 19.7 Å². The number of fused-ring (bicyclic) bond motifs is 1. The molecule has 0 bridgehead atoms. The van der Waals surface area contributed by atoms with Gasteiger partial charge in [0.1, 0.15) is 0 Å². The van der Waals surface area contributed by atoms with Gasteiger partial charge in [0, 0.05) is 24.9 Å². The highest BCUT2D eigenvalue weighted by atomic mass is 16.7. The van der Waals surface area contributed by atoms with Crippen LogP contribution in [0.2, 0.25) is 0 Å². The second kappa shape index (κ2) is 7.65. The summed E-state index contributed by atoms with van der Waals surface area (Å²) in [4.78, 5) is 23.4. The Morgan fingerprint density at radius 3 is 2.85 bits per heavy atom. The Bertz CT molecular complexity index is 876. The predicted octanol–water partition coefficient (Wildman–Crippen LogP) is 2.44. The number of nitrogens with one attached hydrogen (secondary N) is 1. The van der Waals surface area contributed by atoms with Crippen molar-refractivity contribution in [2.45, 2.75) is 26.3 Å². The first-order chi connectivity index (χ1) is 13.2. The zero-order chi connectivity index (χ0) is 18.6. The lowest BCUT2D eigenvalue weighted by Crippen LogP contribution is -2.24. The van der Waals surface area contributed by atoms with Crippen LogP contribution in [0.4, 0.5) is 5.95 Å². The molecule has 0 unspecified atom stereocenters. The third-order valence-electron chi connectivity index (χ3n) is 4.55. The van der Waals surface area contributed by atoms with E-state index in [2.05, 4.69) is 20.2 Å². The Labute approximate surface area is 158 Å². The molecule has 27 heavy (non-hydrogen) atoms. The molecule has 1 aromatic heterocycles. The van der Waals surface area contributed by atoms with Crippen LogP contribution in [0, 0.1) is 6.92 Å². The molecule has 7 nitrogen and oxygen atoms in total. The molecule has 2 aliphatic heterocycles. The van der Waals surface area contributed by atoms with E-state index in [1.807, 2.05) is 31.2 Å². The molecule has 0 radical (unpaired) electrons. The van der Waals surface area contributed by atoms with Gasteiger partial charge in [-0.2, -0.15) is 0 Å². The molecule has 7 heteroatoms. The average Bonchev–Trinajstić information content (AvgIpc) is 3.35. The highest BCUT2D eigenvalue weighted by Gasteiger charge is 2.16. The molecule has 0 aliphatic carbocycles. The van der Waals surface area contributed by atoms with Crippen LogP contribution < -0.4 is 19.7 Å². The topological polar surface area (TPSA) is 76.6 Å². The minimum absolute atomic E-state index is 0.174. The normalized spacial score (nSPS) is 15.5. The summed E-state index contributed by atoms with van der Waals surface area (Å²) in [5.74, 6) is 2.01. The number of carbonyl (C=O) groups excluding carboxylic acids is 1. The van der Waals surface area contributed by atoms with Gasteiger partial charge in [-0.15, -0.1) is 0 Å². The highest BCUT2D eigenvalue weighted by Crippen LogP contribution is 2.32. The molecule has 0 saturated carbocycles. The van der Waals surface area contributed by atoms with Crippen molar-refractivity contribution in [3.8, 4) is 11.5 Å². The lowest BCUT2D eigenvalue weighted by molar-refractivity contribution is -0.116. The maximum atomic E-state index is 12.1. The largest absolute Gasteiger partial charge is 0.454 e. The molecular formula is C20H22N4O3. The SMILES string of the molecule is Cc1cc(CNC(=O)/C=C/c2ccc3c(c2)OCO3)nc(N2CCCC2)n1. The van der Waals surface area contributed by atoms with Crippen molar-refractivity contribution in [3.05, 3.63) is 47.3 Å². The van der Waals surface area contributed by atoms with Gasteiger partial charge in [-0.25, -0.2) is 9.97 Å². The van der Waals surface area contributed by atoms with Crippen LogP contribution in [0.5, 0.6) is 11.5 Å². The first-order valence-electron chi connectivity index (χ1n) is 9.12. The molecule has 3 heterocycles. The molecule has 1 N–H and O–H groups in total. The minimum Gasteiger partial charge on any atom is -0.454 e. The average molecular weight is 366 g/mol. The van der Waals surface area contributed by atoms with Crippen LogP contribution >= 0.6 is 0 Å². The zero-order valence-corrected chi connectivity index (χ0v) is 15.3. The second-order valence-corrected chi connectivity index (χ2v) is 6.66. The van der Waals surface area contributed by atoms with Crippen molar-refractivity contribution in [2.75, 3.05) is 24.8 Å². The van der Waals surface area contributed by atoms with Gasteiger partial charge in [-0.3, -0.25) is 4.79 Å². The molecule has 4 rings (SSSR count). The summed E-state index contributed by atoms with van der Waals surface area (Å²) in [7, 11) is 0. The summed E-state index contributed by atoms with van der Waals surface area (Å²) in [5.41, 5.74) is 2.60. The number of anilines is 1. The Morgan fingerprint density at radius 2 is 2.00 bits per heavy atom. The molecule has 1 fully saturated rings. The number of aryl methyl sites for hydroxylation is 1. The number of hydrogen-bond acceptors (Lipinski definition) is 6. The lowest BCUT2D eigenvalue weighted by Gasteiger charge is -2.16. The van der Waals surface area contributed by atoms with Gasteiger partial charge in [0.25, 0.3) is 0 Å². The number of aromatic nitrogens is 2. The fraction of sp³-hybridized carbons (Fsp3) is 0.350. The molecular weight excluding hydrogens is 344 g/mol. The molecule has 1 aromatic carbocycles. The summed E-state index contributed by atoms with van der Waals surface area (Å²) in [6.07, 6.45) is 5.60. The van der Waals surface area contributed by atoms with Gasteiger partial charge >= 0.3 is 0 Å². The number of amides is 1. The summed E-state index contributed by atoms with van der Waals surface area (Å²) in [6.45, 7) is 4.54. The van der Waals surface area contributed by atoms with E-state index in [0.29, 0.717) is 12.3 Å². The Hall–Kier alpha value is -3.09. The maximum Gasteiger partial charge on any atom is 0.244 e. The summed E-state index contributed by atoms with van der Waals surface area (Å²) in [5, 5.41) is 2.88. The van der Waals surface area contributed by atoms with Gasteiger partial charge in [0.05, 0.1) is 12.2 Å².